The highest BCUT2D eigenvalue weighted by Crippen LogP contribution is 2.16. The van der Waals surface area contributed by atoms with E-state index in [9.17, 15) is 4.79 Å². The lowest BCUT2D eigenvalue weighted by Crippen LogP contribution is -2.50. The summed E-state index contributed by atoms with van der Waals surface area (Å²) >= 11 is 0. The molecule has 0 bridgehead atoms. The molecule has 0 spiro atoms. The van der Waals surface area contributed by atoms with Crippen molar-refractivity contribution in [1.29, 1.82) is 0 Å². The van der Waals surface area contributed by atoms with Gasteiger partial charge in [-0.05, 0) is 49.5 Å². The second kappa shape index (κ2) is 10.00. The summed E-state index contributed by atoms with van der Waals surface area (Å²) in [5.41, 5.74) is 1.02. The Balaban J connectivity index is 0.00000225. The highest BCUT2D eigenvalue weighted by molar-refractivity contribution is 5.85. The number of carbonyl (C=O) groups excluding carboxylic acids is 1. The maximum Gasteiger partial charge on any atom is 0.227 e. The van der Waals surface area contributed by atoms with Crippen LogP contribution in [0.4, 0.5) is 0 Å². The number of methoxy groups -OCH3 is 1. The van der Waals surface area contributed by atoms with E-state index in [0.717, 1.165) is 56.5 Å². The quantitative estimate of drug-likeness (QED) is 0.862. The van der Waals surface area contributed by atoms with E-state index in [-0.39, 0.29) is 18.3 Å². The minimum atomic E-state index is 0. The smallest absolute Gasteiger partial charge is 0.227 e. The van der Waals surface area contributed by atoms with Gasteiger partial charge in [0.1, 0.15) is 5.75 Å². The highest BCUT2D eigenvalue weighted by atomic mass is 35.5. The summed E-state index contributed by atoms with van der Waals surface area (Å²) in [5, 5.41) is 3.42. The van der Waals surface area contributed by atoms with Crippen LogP contribution in [0.1, 0.15) is 18.4 Å². The SMILES string of the molecule is COc1cccc(CC(=O)N2CCN(CC3CCNCC3)CC2)c1.Cl. The maximum atomic E-state index is 12.5. The van der Waals surface area contributed by atoms with Crippen LogP contribution in [0, 0.1) is 5.92 Å². The molecular weight excluding hydrogens is 338 g/mol. The molecule has 25 heavy (non-hydrogen) atoms. The Morgan fingerprint density at radius 1 is 1.20 bits per heavy atom. The van der Waals surface area contributed by atoms with Crippen LogP contribution in [0.3, 0.4) is 0 Å². The predicted octanol–water partition coefficient (Wildman–Crippen LogP) is 1.80. The van der Waals surface area contributed by atoms with Gasteiger partial charge in [0.05, 0.1) is 13.5 Å². The molecule has 1 aromatic carbocycles. The van der Waals surface area contributed by atoms with Crippen LogP contribution in [0.25, 0.3) is 0 Å². The van der Waals surface area contributed by atoms with Gasteiger partial charge in [-0.15, -0.1) is 12.4 Å². The van der Waals surface area contributed by atoms with Gasteiger partial charge in [-0.25, -0.2) is 0 Å². The first-order valence-electron chi connectivity index (χ1n) is 9.08. The topological polar surface area (TPSA) is 44.8 Å². The van der Waals surface area contributed by atoms with E-state index in [1.807, 2.05) is 29.2 Å². The number of carbonyl (C=O) groups is 1. The fourth-order valence-electron chi connectivity index (χ4n) is 3.68. The third-order valence-electron chi connectivity index (χ3n) is 5.19. The number of amides is 1. The molecule has 0 aromatic heterocycles. The fraction of sp³-hybridized carbons (Fsp3) is 0.632. The zero-order chi connectivity index (χ0) is 16.8. The number of hydrogen-bond acceptors (Lipinski definition) is 4. The van der Waals surface area contributed by atoms with Crippen LogP contribution in [0.2, 0.25) is 0 Å². The van der Waals surface area contributed by atoms with Gasteiger partial charge in [-0.2, -0.15) is 0 Å². The highest BCUT2D eigenvalue weighted by Gasteiger charge is 2.23. The van der Waals surface area contributed by atoms with Gasteiger partial charge < -0.3 is 15.0 Å². The van der Waals surface area contributed by atoms with Crippen LogP contribution in [-0.2, 0) is 11.2 Å². The summed E-state index contributed by atoms with van der Waals surface area (Å²) in [4.78, 5) is 17.1. The number of piperazine rings is 1. The second-order valence-electron chi connectivity index (χ2n) is 6.90. The molecule has 2 fully saturated rings. The maximum absolute atomic E-state index is 12.5. The second-order valence-corrected chi connectivity index (χ2v) is 6.90. The zero-order valence-electron chi connectivity index (χ0n) is 15.1. The van der Waals surface area contributed by atoms with E-state index >= 15 is 0 Å². The minimum absolute atomic E-state index is 0. The number of piperidine rings is 1. The molecule has 2 saturated heterocycles. The average Bonchev–Trinajstić information content (AvgIpc) is 2.63. The molecule has 2 aliphatic rings. The van der Waals surface area contributed by atoms with Gasteiger partial charge >= 0.3 is 0 Å². The van der Waals surface area contributed by atoms with Crippen LogP contribution >= 0.6 is 12.4 Å². The van der Waals surface area contributed by atoms with Gasteiger partial charge in [-0.3, -0.25) is 9.69 Å². The summed E-state index contributed by atoms with van der Waals surface area (Å²) in [6.07, 6.45) is 3.04. The first-order chi connectivity index (χ1) is 11.7. The zero-order valence-corrected chi connectivity index (χ0v) is 15.9. The Bertz CT molecular complexity index is 541. The molecule has 6 heteroatoms. The van der Waals surface area contributed by atoms with E-state index in [2.05, 4.69) is 10.2 Å². The molecule has 0 unspecified atom stereocenters. The van der Waals surface area contributed by atoms with E-state index in [0.29, 0.717) is 6.42 Å². The molecule has 0 aliphatic carbocycles. The number of ether oxygens (including phenoxy) is 1. The van der Waals surface area contributed by atoms with Gasteiger partial charge in [0.25, 0.3) is 0 Å². The van der Waals surface area contributed by atoms with Crippen LogP contribution < -0.4 is 10.1 Å². The lowest BCUT2D eigenvalue weighted by molar-refractivity contribution is -0.132. The summed E-state index contributed by atoms with van der Waals surface area (Å²) < 4.78 is 5.23. The molecule has 0 saturated carbocycles. The van der Waals surface area contributed by atoms with Gasteiger partial charge in [-0.1, -0.05) is 12.1 Å². The molecule has 0 atom stereocenters. The molecular formula is C19H30ClN3O2. The van der Waals surface area contributed by atoms with Gasteiger partial charge in [0, 0.05) is 32.7 Å². The molecule has 0 radical (unpaired) electrons. The molecule has 2 heterocycles. The number of rotatable bonds is 5. The number of halogens is 1. The van der Waals surface area contributed by atoms with E-state index in [1.54, 1.807) is 7.11 Å². The van der Waals surface area contributed by atoms with E-state index < -0.39 is 0 Å². The standard InChI is InChI=1S/C19H29N3O2.ClH/c1-24-18-4-2-3-17(13-18)14-19(23)22-11-9-21(10-12-22)15-16-5-7-20-8-6-16;/h2-4,13,16,20H,5-12,14-15H2,1H3;1H. The molecule has 1 aromatic rings. The third kappa shape index (κ3) is 5.87. The first kappa shape index (κ1) is 20.0. The number of nitrogens with zero attached hydrogens (tertiary/aromatic N) is 2. The monoisotopic (exact) mass is 367 g/mol. The lowest BCUT2D eigenvalue weighted by Gasteiger charge is -2.37. The largest absolute Gasteiger partial charge is 0.497 e. The summed E-state index contributed by atoms with van der Waals surface area (Å²) in [6.45, 7) is 7.23. The minimum Gasteiger partial charge on any atom is -0.497 e. The van der Waals surface area contributed by atoms with Crippen LogP contribution in [0.5, 0.6) is 5.75 Å². The van der Waals surface area contributed by atoms with E-state index in [1.165, 1.54) is 19.4 Å². The molecule has 140 valence electrons. The van der Waals surface area contributed by atoms with Crippen molar-refractivity contribution in [2.24, 2.45) is 5.92 Å². The third-order valence-corrected chi connectivity index (χ3v) is 5.19. The first-order valence-corrected chi connectivity index (χ1v) is 9.08. The van der Waals surface area contributed by atoms with Crippen LogP contribution in [-0.4, -0.2) is 68.6 Å². The Labute approximate surface area is 157 Å². The molecule has 3 rings (SSSR count). The molecule has 5 nitrogen and oxygen atoms in total. The van der Waals surface area contributed by atoms with Crippen molar-refractivity contribution in [3.05, 3.63) is 29.8 Å². The summed E-state index contributed by atoms with van der Waals surface area (Å²) in [5.74, 6) is 1.86. The van der Waals surface area contributed by atoms with E-state index in [4.69, 9.17) is 4.74 Å². The average molecular weight is 368 g/mol. The number of nitrogens with one attached hydrogen (secondary N) is 1. The summed E-state index contributed by atoms with van der Waals surface area (Å²) in [6, 6.07) is 7.80. The molecule has 2 aliphatic heterocycles. The number of benzene rings is 1. The van der Waals surface area contributed by atoms with Crippen molar-refractivity contribution >= 4 is 18.3 Å². The Morgan fingerprint density at radius 2 is 1.92 bits per heavy atom. The Kier molecular flexibility index (Phi) is 8.00. The van der Waals surface area contributed by atoms with Crippen LogP contribution in [0.15, 0.2) is 24.3 Å². The fourth-order valence-corrected chi connectivity index (χ4v) is 3.68. The van der Waals surface area contributed by atoms with Crippen molar-refractivity contribution < 1.29 is 9.53 Å². The van der Waals surface area contributed by atoms with Crippen molar-refractivity contribution in [3.8, 4) is 5.75 Å². The molecule has 1 N–H and O–H groups in total. The normalized spacial score (nSPS) is 19.3. The van der Waals surface area contributed by atoms with Crippen molar-refractivity contribution in [2.75, 3.05) is 52.9 Å². The number of hydrogen-bond donors (Lipinski definition) is 1. The lowest BCUT2D eigenvalue weighted by atomic mass is 9.97. The predicted molar refractivity (Wildman–Crippen MR) is 103 cm³/mol. The van der Waals surface area contributed by atoms with Gasteiger partial charge in [0.15, 0.2) is 0 Å². The van der Waals surface area contributed by atoms with Gasteiger partial charge in [0.2, 0.25) is 5.91 Å². The Hall–Kier alpha value is -1.30. The van der Waals surface area contributed by atoms with Crippen molar-refractivity contribution in [2.45, 2.75) is 19.3 Å². The Morgan fingerprint density at radius 3 is 2.60 bits per heavy atom. The molecule has 1 amide bonds. The van der Waals surface area contributed by atoms with Crippen molar-refractivity contribution in [3.63, 3.8) is 0 Å². The van der Waals surface area contributed by atoms with Crippen molar-refractivity contribution in [1.82, 2.24) is 15.1 Å². The summed E-state index contributed by atoms with van der Waals surface area (Å²) in [7, 11) is 1.66.